The number of carbonyl (C=O) groups is 1. The van der Waals surface area contributed by atoms with Crippen molar-refractivity contribution in [1.82, 2.24) is 0 Å². The highest BCUT2D eigenvalue weighted by Gasteiger charge is 2.31. The van der Waals surface area contributed by atoms with Crippen LogP contribution in [0.4, 0.5) is 0 Å². The first-order valence-corrected chi connectivity index (χ1v) is 6.35. The Labute approximate surface area is 109 Å². The molecule has 0 saturated heterocycles. The van der Waals surface area contributed by atoms with Crippen LogP contribution in [-0.2, 0) is 23.7 Å². The van der Waals surface area contributed by atoms with Crippen LogP contribution in [-0.4, -0.2) is 38.4 Å². The minimum atomic E-state index is -1.03. The maximum Gasteiger partial charge on any atom is 0.330 e. The van der Waals surface area contributed by atoms with Crippen molar-refractivity contribution < 1.29 is 23.7 Å². The van der Waals surface area contributed by atoms with Gasteiger partial charge in [-0.15, -0.1) is 0 Å². The highest BCUT2D eigenvalue weighted by atomic mass is 16.9. The zero-order valence-electron chi connectivity index (χ0n) is 11.6. The summed E-state index contributed by atoms with van der Waals surface area (Å²) >= 11 is 0. The molecule has 0 fully saturated rings. The van der Waals surface area contributed by atoms with Gasteiger partial charge in [-0.3, -0.25) is 0 Å². The average Bonchev–Trinajstić information content (AvgIpc) is 2.35. The summed E-state index contributed by atoms with van der Waals surface area (Å²) < 4.78 is 21.5. The number of esters is 1. The zero-order valence-corrected chi connectivity index (χ0v) is 11.6. The van der Waals surface area contributed by atoms with Crippen LogP contribution in [0.25, 0.3) is 0 Å². The van der Waals surface area contributed by atoms with Crippen LogP contribution in [0.2, 0.25) is 0 Å². The largest absolute Gasteiger partial charge is 0.463 e. The Kier molecular flexibility index (Phi) is 9.55. The van der Waals surface area contributed by atoms with Crippen molar-refractivity contribution in [1.29, 1.82) is 0 Å². The molecule has 0 aromatic carbocycles. The van der Waals surface area contributed by atoms with Crippen LogP contribution in [0.5, 0.6) is 0 Å². The molecule has 106 valence electrons. The van der Waals surface area contributed by atoms with Crippen molar-refractivity contribution in [2.45, 2.75) is 39.6 Å². The molecule has 0 radical (unpaired) electrons. The standard InChI is InChI=1S/C13H24O5/c1-5-12(14)15-11-9-10-13(16-6-2,17-7-3)18-8-4/h5H,1,6-11H2,2-4H3. The lowest BCUT2D eigenvalue weighted by atomic mass is 10.2. The molecule has 0 rings (SSSR count). The Morgan fingerprint density at radius 3 is 2.00 bits per heavy atom. The topological polar surface area (TPSA) is 54.0 Å². The quantitative estimate of drug-likeness (QED) is 0.247. The summed E-state index contributed by atoms with van der Waals surface area (Å²) in [7, 11) is 0. The summed E-state index contributed by atoms with van der Waals surface area (Å²) in [5, 5.41) is 0. The molecule has 0 atom stereocenters. The van der Waals surface area contributed by atoms with Gasteiger partial charge in [-0.1, -0.05) is 6.58 Å². The fourth-order valence-corrected chi connectivity index (χ4v) is 1.52. The summed E-state index contributed by atoms with van der Waals surface area (Å²) in [5.74, 6) is -1.46. The van der Waals surface area contributed by atoms with Gasteiger partial charge >= 0.3 is 5.97 Å². The van der Waals surface area contributed by atoms with Crippen molar-refractivity contribution in [2.75, 3.05) is 26.4 Å². The molecule has 0 aliphatic heterocycles. The van der Waals surface area contributed by atoms with Crippen LogP contribution in [0.15, 0.2) is 12.7 Å². The van der Waals surface area contributed by atoms with Gasteiger partial charge < -0.3 is 18.9 Å². The van der Waals surface area contributed by atoms with Crippen LogP contribution < -0.4 is 0 Å². The molecule has 0 aliphatic carbocycles. The summed E-state index contributed by atoms with van der Waals surface area (Å²) in [5.41, 5.74) is 0. The van der Waals surface area contributed by atoms with Crippen molar-refractivity contribution >= 4 is 5.97 Å². The molecular weight excluding hydrogens is 236 g/mol. The third-order valence-electron chi connectivity index (χ3n) is 2.13. The van der Waals surface area contributed by atoms with E-state index in [9.17, 15) is 4.79 Å². The van der Waals surface area contributed by atoms with Gasteiger partial charge in [-0.2, -0.15) is 0 Å². The van der Waals surface area contributed by atoms with Crippen molar-refractivity contribution in [3.8, 4) is 0 Å². The normalized spacial score (nSPS) is 11.3. The van der Waals surface area contributed by atoms with Gasteiger partial charge in [0, 0.05) is 32.3 Å². The Hall–Kier alpha value is -0.910. The first-order chi connectivity index (χ1) is 8.64. The first-order valence-electron chi connectivity index (χ1n) is 6.35. The van der Waals surface area contributed by atoms with E-state index >= 15 is 0 Å². The van der Waals surface area contributed by atoms with Gasteiger partial charge in [0.15, 0.2) is 0 Å². The molecular formula is C13H24O5. The maximum atomic E-state index is 10.9. The molecule has 0 aromatic rings. The van der Waals surface area contributed by atoms with Gasteiger partial charge in [0.25, 0.3) is 5.97 Å². The molecule has 18 heavy (non-hydrogen) atoms. The Morgan fingerprint density at radius 2 is 1.61 bits per heavy atom. The van der Waals surface area contributed by atoms with Crippen LogP contribution in [0.3, 0.4) is 0 Å². The molecule has 0 aromatic heterocycles. The monoisotopic (exact) mass is 260 g/mol. The van der Waals surface area contributed by atoms with Crippen LogP contribution >= 0.6 is 0 Å². The van der Waals surface area contributed by atoms with Crippen molar-refractivity contribution in [3.05, 3.63) is 12.7 Å². The SMILES string of the molecule is C=CC(=O)OCCCC(OCC)(OCC)OCC. The highest BCUT2D eigenvalue weighted by Crippen LogP contribution is 2.22. The molecule has 0 N–H and O–H groups in total. The summed E-state index contributed by atoms with van der Waals surface area (Å²) in [6.45, 7) is 10.7. The molecule has 0 amide bonds. The van der Waals surface area contributed by atoms with E-state index in [4.69, 9.17) is 18.9 Å². The number of ether oxygens (including phenoxy) is 4. The van der Waals surface area contributed by atoms with Gasteiger partial charge in [-0.25, -0.2) is 4.79 Å². The molecule has 5 nitrogen and oxygen atoms in total. The third kappa shape index (κ3) is 6.74. The van der Waals surface area contributed by atoms with Crippen molar-refractivity contribution in [3.63, 3.8) is 0 Å². The minimum absolute atomic E-state index is 0.291. The highest BCUT2D eigenvalue weighted by molar-refractivity contribution is 5.81. The van der Waals surface area contributed by atoms with Gasteiger partial charge in [0.2, 0.25) is 0 Å². The molecule has 0 heterocycles. The zero-order chi connectivity index (χ0) is 13.9. The lowest BCUT2D eigenvalue weighted by Gasteiger charge is -2.32. The minimum Gasteiger partial charge on any atom is -0.463 e. The van der Waals surface area contributed by atoms with Gasteiger partial charge in [-0.05, 0) is 27.2 Å². The van der Waals surface area contributed by atoms with Crippen molar-refractivity contribution in [2.24, 2.45) is 0 Å². The second kappa shape index (κ2) is 10.1. The average molecular weight is 260 g/mol. The Morgan fingerprint density at radius 1 is 1.11 bits per heavy atom. The first kappa shape index (κ1) is 17.1. The van der Waals surface area contributed by atoms with E-state index in [-0.39, 0.29) is 0 Å². The van der Waals surface area contributed by atoms with E-state index in [2.05, 4.69) is 6.58 Å². The summed E-state index contributed by atoms with van der Waals surface area (Å²) in [6, 6.07) is 0. The van der Waals surface area contributed by atoms with E-state index in [1.165, 1.54) is 0 Å². The summed E-state index contributed by atoms with van der Waals surface area (Å²) in [6.07, 6.45) is 2.24. The van der Waals surface area contributed by atoms with Gasteiger partial charge in [0.05, 0.1) is 6.61 Å². The molecule has 0 aliphatic rings. The number of rotatable bonds is 11. The lowest BCUT2D eigenvalue weighted by molar-refractivity contribution is -0.380. The Balaban J connectivity index is 4.20. The maximum absolute atomic E-state index is 10.9. The number of carbonyl (C=O) groups excluding carboxylic acids is 1. The van der Waals surface area contributed by atoms with Crippen LogP contribution in [0.1, 0.15) is 33.6 Å². The number of hydrogen-bond acceptors (Lipinski definition) is 5. The molecule has 0 spiro atoms. The predicted molar refractivity (Wildman–Crippen MR) is 68.0 cm³/mol. The van der Waals surface area contributed by atoms with E-state index in [1.807, 2.05) is 20.8 Å². The number of hydrogen-bond donors (Lipinski definition) is 0. The van der Waals surface area contributed by atoms with E-state index in [1.54, 1.807) is 0 Å². The van der Waals surface area contributed by atoms with E-state index in [0.29, 0.717) is 39.3 Å². The van der Waals surface area contributed by atoms with Gasteiger partial charge in [0.1, 0.15) is 0 Å². The lowest BCUT2D eigenvalue weighted by Crippen LogP contribution is -2.39. The summed E-state index contributed by atoms with van der Waals surface area (Å²) in [4.78, 5) is 10.9. The molecule has 0 bridgehead atoms. The fraction of sp³-hybridized carbons (Fsp3) is 0.769. The predicted octanol–water partition coefficient (Wildman–Crippen LogP) is 2.26. The molecule has 5 heteroatoms. The second-order valence-corrected chi connectivity index (χ2v) is 3.46. The van der Waals surface area contributed by atoms with E-state index in [0.717, 1.165) is 6.08 Å². The molecule has 0 unspecified atom stereocenters. The molecule has 0 saturated carbocycles. The van der Waals surface area contributed by atoms with E-state index < -0.39 is 11.9 Å². The third-order valence-corrected chi connectivity index (χ3v) is 2.13. The Bertz CT molecular complexity index is 223. The smallest absolute Gasteiger partial charge is 0.330 e. The fourth-order valence-electron chi connectivity index (χ4n) is 1.52. The second-order valence-electron chi connectivity index (χ2n) is 3.46. The van der Waals surface area contributed by atoms with Crippen LogP contribution in [0, 0.1) is 0 Å².